The average Bonchev–Trinajstić information content (AvgIpc) is 2.29. The number of rotatable bonds is 6. The normalized spacial score (nSPS) is 9.88. The molecule has 7 heteroatoms. The molecule has 0 atom stereocenters. The molecule has 0 aliphatic carbocycles. The van der Waals surface area contributed by atoms with E-state index in [4.69, 9.17) is 4.74 Å². The predicted octanol–water partition coefficient (Wildman–Crippen LogP) is 1.09. The number of methoxy groups -OCH3 is 1. The first-order chi connectivity index (χ1) is 7.67. The van der Waals surface area contributed by atoms with Crippen LogP contribution < -0.4 is 10.6 Å². The number of nitrogens with one attached hydrogen (secondary N) is 2. The number of nitrogens with zero attached hydrogens (tertiary/aromatic N) is 2. The van der Waals surface area contributed by atoms with E-state index in [0.717, 1.165) is 0 Å². The standard InChI is InChI=1S/C9H14N4O3/c1-10-8-5-7(13(14)15)6-9(12-8)11-3-4-16-2/h5-6H,3-4H2,1-2H3,(H2,10,11,12). The Morgan fingerprint density at radius 2 is 2.19 bits per heavy atom. The lowest BCUT2D eigenvalue weighted by Crippen LogP contribution is -2.09. The molecular weight excluding hydrogens is 212 g/mol. The van der Waals surface area contributed by atoms with Crippen LogP contribution in [0.25, 0.3) is 0 Å². The summed E-state index contributed by atoms with van der Waals surface area (Å²) in [4.78, 5) is 14.3. The van der Waals surface area contributed by atoms with Gasteiger partial charge in [0, 0.05) is 20.7 Å². The molecular formula is C9H14N4O3. The van der Waals surface area contributed by atoms with Gasteiger partial charge in [-0.15, -0.1) is 0 Å². The number of anilines is 2. The van der Waals surface area contributed by atoms with Crippen LogP contribution in [0.4, 0.5) is 17.3 Å². The fourth-order valence-electron chi connectivity index (χ4n) is 1.12. The number of ether oxygens (including phenoxy) is 1. The van der Waals surface area contributed by atoms with E-state index < -0.39 is 4.92 Å². The summed E-state index contributed by atoms with van der Waals surface area (Å²) in [7, 11) is 3.24. The van der Waals surface area contributed by atoms with Gasteiger partial charge in [0.25, 0.3) is 5.69 Å². The Kier molecular flexibility index (Phi) is 4.46. The molecule has 0 radical (unpaired) electrons. The Morgan fingerprint density at radius 3 is 2.75 bits per heavy atom. The van der Waals surface area contributed by atoms with Crippen LogP contribution in [0.2, 0.25) is 0 Å². The van der Waals surface area contributed by atoms with Crippen LogP contribution in [-0.4, -0.2) is 37.2 Å². The summed E-state index contributed by atoms with van der Waals surface area (Å²) in [5.41, 5.74) is -0.000679. The Hall–Kier alpha value is -1.89. The zero-order chi connectivity index (χ0) is 12.0. The number of hydrogen-bond donors (Lipinski definition) is 2. The second-order valence-corrected chi connectivity index (χ2v) is 3.02. The molecule has 0 fully saturated rings. The summed E-state index contributed by atoms with van der Waals surface area (Å²) in [5, 5.41) is 16.4. The highest BCUT2D eigenvalue weighted by Crippen LogP contribution is 2.19. The van der Waals surface area contributed by atoms with Gasteiger partial charge in [0.1, 0.15) is 11.6 Å². The minimum absolute atomic E-state index is 0.000679. The maximum atomic E-state index is 10.6. The summed E-state index contributed by atoms with van der Waals surface area (Å²) >= 11 is 0. The summed E-state index contributed by atoms with van der Waals surface area (Å²) < 4.78 is 4.86. The van der Waals surface area contributed by atoms with E-state index in [1.807, 2.05) is 0 Å². The molecule has 0 unspecified atom stereocenters. The van der Waals surface area contributed by atoms with Crippen molar-refractivity contribution in [1.82, 2.24) is 4.98 Å². The summed E-state index contributed by atoms with van der Waals surface area (Å²) in [6.45, 7) is 1.06. The van der Waals surface area contributed by atoms with Crippen LogP contribution in [0.5, 0.6) is 0 Å². The van der Waals surface area contributed by atoms with Crippen LogP contribution in [0, 0.1) is 10.1 Å². The summed E-state index contributed by atoms with van der Waals surface area (Å²) in [6, 6.07) is 2.76. The molecule has 0 aromatic carbocycles. The Balaban J connectivity index is 2.82. The smallest absolute Gasteiger partial charge is 0.276 e. The first-order valence-electron chi connectivity index (χ1n) is 4.74. The molecule has 0 spiro atoms. The predicted molar refractivity (Wildman–Crippen MR) is 60.8 cm³/mol. The van der Waals surface area contributed by atoms with E-state index >= 15 is 0 Å². The third kappa shape index (κ3) is 3.35. The summed E-state index contributed by atoms with van der Waals surface area (Å²) in [6.07, 6.45) is 0. The molecule has 88 valence electrons. The van der Waals surface area contributed by atoms with Crippen molar-refractivity contribution in [3.8, 4) is 0 Å². The molecule has 0 bridgehead atoms. The van der Waals surface area contributed by atoms with Gasteiger partial charge in [0.05, 0.1) is 23.7 Å². The molecule has 1 rings (SSSR count). The highest BCUT2D eigenvalue weighted by atomic mass is 16.6. The van der Waals surface area contributed by atoms with Crippen molar-refractivity contribution >= 4 is 17.3 Å². The van der Waals surface area contributed by atoms with Crippen LogP contribution in [-0.2, 0) is 4.74 Å². The monoisotopic (exact) mass is 226 g/mol. The lowest BCUT2D eigenvalue weighted by Gasteiger charge is -2.06. The van der Waals surface area contributed by atoms with Gasteiger partial charge < -0.3 is 15.4 Å². The number of pyridine rings is 1. The Labute approximate surface area is 93.0 Å². The Morgan fingerprint density at radius 1 is 1.50 bits per heavy atom. The SMILES string of the molecule is CNc1cc([N+](=O)[O-])cc(NCCOC)n1. The van der Waals surface area contributed by atoms with Gasteiger partial charge in [-0.3, -0.25) is 10.1 Å². The van der Waals surface area contributed by atoms with E-state index in [0.29, 0.717) is 24.8 Å². The molecule has 0 saturated carbocycles. The van der Waals surface area contributed by atoms with Crippen LogP contribution >= 0.6 is 0 Å². The van der Waals surface area contributed by atoms with Crippen molar-refractivity contribution in [2.45, 2.75) is 0 Å². The maximum Gasteiger partial charge on any atom is 0.276 e. The Bertz CT molecular complexity index is 370. The fraction of sp³-hybridized carbons (Fsp3) is 0.444. The van der Waals surface area contributed by atoms with Crippen LogP contribution in [0.3, 0.4) is 0 Å². The minimum atomic E-state index is -0.454. The van der Waals surface area contributed by atoms with Crippen molar-refractivity contribution in [3.63, 3.8) is 0 Å². The van der Waals surface area contributed by atoms with Crippen molar-refractivity contribution in [2.24, 2.45) is 0 Å². The largest absolute Gasteiger partial charge is 0.383 e. The van der Waals surface area contributed by atoms with Gasteiger partial charge in [-0.1, -0.05) is 0 Å². The third-order valence-corrected chi connectivity index (χ3v) is 1.89. The zero-order valence-electron chi connectivity index (χ0n) is 9.19. The quantitative estimate of drug-likeness (QED) is 0.428. The lowest BCUT2D eigenvalue weighted by molar-refractivity contribution is -0.384. The van der Waals surface area contributed by atoms with E-state index in [1.54, 1.807) is 14.2 Å². The van der Waals surface area contributed by atoms with Gasteiger partial charge in [-0.05, 0) is 0 Å². The molecule has 0 aliphatic heterocycles. The third-order valence-electron chi connectivity index (χ3n) is 1.89. The van der Waals surface area contributed by atoms with Gasteiger partial charge in [0.2, 0.25) is 0 Å². The molecule has 1 aromatic heterocycles. The van der Waals surface area contributed by atoms with Crippen molar-refractivity contribution < 1.29 is 9.66 Å². The van der Waals surface area contributed by atoms with Gasteiger partial charge in [0.15, 0.2) is 0 Å². The first kappa shape index (κ1) is 12.2. The lowest BCUT2D eigenvalue weighted by atomic mass is 10.3. The average molecular weight is 226 g/mol. The molecule has 2 N–H and O–H groups in total. The van der Waals surface area contributed by atoms with Crippen LogP contribution in [0.1, 0.15) is 0 Å². The fourth-order valence-corrected chi connectivity index (χ4v) is 1.12. The number of aromatic nitrogens is 1. The number of hydrogen-bond acceptors (Lipinski definition) is 6. The minimum Gasteiger partial charge on any atom is -0.383 e. The topological polar surface area (TPSA) is 89.3 Å². The highest BCUT2D eigenvalue weighted by molar-refractivity contribution is 5.54. The molecule has 16 heavy (non-hydrogen) atoms. The zero-order valence-corrected chi connectivity index (χ0v) is 9.19. The molecule has 0 aliphatic rings. The van der Waals surface area contributed by atoms with E-state index in [2.05, 4.69) is 15.6 Å². The van der Waals surface area contributed by atoms with Gasteiger partial charge in [-0.2, -0.15) is 0 Å². The highest BCUT2D eigenvalue weighted by Gasteiger charge is 2.10. The first-order valence-corrected chi connectivity index (χ1v) is 4.74. The summed E-state index contributed by atoms with van der Waals surface area (Å²) in [5.74, 6) is 0.907. The molecule has 7 nitrogen and oxygen atoms in total. The molecule has 1 aromatic rings. The van der Waals surface area contributed by atoms with Crippen molar-refractivity contribution in [2.75, 3.05) is 37.9 Å². The van der Waals surface area contributed by atoms with Crippen molar-refractivity contribution in [3.05, 3.63) is 22.2 Å². The van der Waals surface area contributed by atoms with Crippen LogP contribution in [0.15, 0.2) is 12.1 Å². The molecule has 1 heterocycles. The molecule has 0 amide bonds. The van der Waals surface area contributed by atoms with E-state index in [-0.39, 0.29) is 5.69 Å². The maximum absolute atomic E-state index is 10.6. The second-order valence-electron chi connectivity index (χ2n) is 3.02. The van der Waals surface area contributed by atoms with Gasteiger partial charge in [-0.25, -0.2) is 4.98 Å². The van der Waals surface area contributed by atoms with Gasteiger partial charge >= 0.3 is 0 Å². The van der Waals surface area contributed by atoms with Crippen molar-refractivity contribution in [1.29, 1.82) is 0 Å². The van der Waals surface area contributed by atoms with E-state index in [1.165, 1.54) is 12.1 Å². The van der Waals surface area contributed by atoms with E-state index in [9.17, 15) is 10.1 Å². The second kappa shape index (κ2) is 5.86. The number of nitro groups is 1. The molecule has 0 saturated heterocycles.